The molecule has 0 aromatic rings. The van der Waals surface area contributed by atoms with E-state index < -0.39 is 19.2 Å². The van der Waals surface area contributed by atoms with Crippen LogP contribution in [0.5, 0.6) is 0 Å². The minimum atomic E-state index is -3.06. The molecule has 0 fully saturated rings. The number of rotatable bonds is 3. The van der Waals surface area contributed by atoms with E-state index in [0.29, 0.717) is 0 Å². The maximum atomic E-state index is 11.0. The summed E-state index contributed by atoms with van der Waals surface area (Å²) in [5.74, 6) is 0.0888. The summed E-state index contributed by atoms with van der Waals surface area (Å²) in [4.78, 5) is 0. The number of halogens is 1. The lowest BCUT2D eigenvalue weighted by Crippen LogP contribution is -2.27. The molecule has 0 aliphatic carbocycles. The Morgan fingerprint density at radius 2 is 2.00 bits per heavy atom. The van der Waals surface area contributed by atoms with Gasteiger partial charge in [0.05, 0.1) is 6.10 Å². The van der Waals surface area contributed by atoms with Gasteiger partial charge in [-0.05, 0) is 6.92 Å². The molecule has 1 N–H and O–H groups in total. The van der Waals surface area contributed by atoms with E-state index in [4.69, 9.17) is 5.11 Å². The molecule has 2 atom stereocenters. The Balaban J connectivity index is 4.35. The molecule has 0 aromatic heterocycles. The number of aliphatic hydroxyl groups is 1. The number of hydrogen-bond donors (Lipinski definition) is 1. The van der Waals surface area contributed by atoms with Crippen LogP contribution in [0.15, 0.2) is 0 Å². The lowest BCUT2D eigenvalue weighted by Gasteiger charge is -2.11. The average molecular weight is 278 g/mol. The normalized spacial score (nSPS) is 18.4. The molecule has 0 rings (SSSR count). The van der Waals surface area contributed by atoms with Crippen molar-refractivity contribution < 1.29 is 13.5 Å². The highest BCUT2D eigenvalue weighted by molar-refractivity contribution is 14.1. The Morgan fingerprint density at radius 3 is 2.10 bits per heavy atom. The molecule has 0 saturated carbocycles. The second-order valence-electron chi connectivity index (χ2n) is 2.04. The molecule has 0 spiro atoms. The molecular weight excluding hydrogens is 267 g/mol. The Kier molecular flexibility index (Phi) is 4.12. The van der Waals surface area contributed by atoms with E-state index in [2.05, 4.69) is 0 Å². The molecule has 3 nitrogen and oxygen atoms in total. The Hall–Kier alpha value is 0.640. The zero-order chi connectivity index (χ0) is 8.36. The van der Waals surface area contributed by atoms with Gasteiger partial charge in [-0.1, -0.05) is 29.5 Å². The smallest absolute Gasteiger partial charge is 0.164 e. The van der Waals surface area contributed by atoms with Crippen molar-refractivity contribution in [3.8, 4) is 0 Å². The van der Waals surface area contributed by atoms with Crippen molar-refractivity contribution in [3.05, 3.63) is 0 Å². The largest absolute Gasteiger partial charge is 0.391 e. The van der Waals surface area contributed by atoms with E-state index in [9.17, 15) is 8.42 Å². The van der Waals surface area contributed by atoms with Crippen LogP contribution < -0.4 is 0 Å². The third kappa shape index (κ3) is 2.71. The highest BCUT2D eigenvalue weighted by Crippen LogP contribution is 2.14. The summed E-state index contributed by atoms with van der Waals surface area (Å²) in [5, 5.41) is 8.90. The lowest BCUT2D eigenvalue weighted by atomic mass is 10.5. The van der Waals surface area contributed by atoms with Crippen LogP contribution in [-0.2, 0) is 9.84 Å². The van der Waals surface area contributed by atoms with Crippen LogP contribution in [0.25, 0.3) is 0 Å². The van der Waals surface area contributed by atoms with Gasteiger partial charge in [0.25, 0.3) is 0 Å². The van der Waals surface area contributed by atoms with Crippen LogP contribution in [0.2, 0.25) is 0 Å². The fourth-order valence-electron chi connectivity index (χ4n) is 0.459. The van der Waals surface area contributed by atoms with Gasteiger partial charge in [-0.2, -0.15) is 0 Å². The third-order valence-electron chi connectivity index (χ3n) is 1.12. The van der Waals surface area contributed by atoms with Crippen molar-refractivity contribution in [1.82, 2.24) is 0 Å². The first kappa shape index (κ1) is 10.6. The molecule has 0 amide bonds. The maximum Gasteiger partial charge on any atom is 0.164 e. The summed E-state index contributed by atoms with van der Waals surface area (Å²) in [6.45, 7) is 3.05. The lowest BCUT2D eigenvalue weighted by molar-refractivity contribution is 0.213. The van der Waals surface area contributed by atoms with Gasteiger partial charge in [0.1, 0.15) is 3.26 Å². The molecule has 0 radical (unpaired) electrons. The van der Waals surface area contributed by atoms with Gasteiger partial charge >= 0.3 is 0 Å². The van der Waals surface area contributed by atoms with E-state index in [1.54, 1.807) is 29.5 Å². The summed E-state index contributed by atoms with van der Waals surface area (Å²) in [7, 11) is -3.06. The molecule has 10 heavy (non-hydrogen) atoms. The molecule has 5 heteroatoms. The van der Waals surface area contributed by atoms with Crippen LogP contribution in [0, 0.1) is 0 Å². The van der Waals surface area contributed by atoms with Crippen molar-refractivity contribution in [2.24, 2.45) is 0 Å². The topological polar surface area (TPSA) is 54.4 Å². The maximum absolute atomic E-state index is 11.0. The van der Waals surface area contributed by atoms with Crippen LogP contribution in [-0.4, -0.2) is 28.6 Å². The fraction of sp³-hybridized carbons (Fsp3) is 1.00. The minimum absolute atomic E-state index is 0.0888. The van der Waals surface area contributed by atoms with Crippen LogP contribution in [0.1, 0.15) is 13.8 Å². The predicted molar refractivity (Wildman–Crippen MR) is 48.9 cm³/mol. The van der Waals surface area contributed by atoms with Crippen LogP contribution in [0.3, 0.4) is 0 Å². The molecule has 62 valence electrons. The summed E-state index contributed by atoms with van der Waals surface area (Å²) >= 11 is 1.74. The van der Waals surface area contributed by atoms with Crippen LogP contribution >= 0.6 is 22.6 Å². The van der Waals surface area contributed by atoms with Gasteiger partial charge < -0.3 is 5.11 Å². The minimum Gasteiger partial charge on any atom is -0.391 e. The van der Waals surface area contributed by atoms with E-state index in [1.807, 2.05) is 0 Å². The summed E-state index contributed by atoms with van der Waals surface area (Å²) in [5.41, 5.74) is 0. The second kappa shape index (κ2) is 3.87. The molecule has 0 aliphatic rings. The van der Waals surface area contributed by atoms with E-state index in [0.717, 1.165) is 0 Å². The van der Waals surface area contributed by atoms with Gasteiger partial charge in [-0.15, -0.1) is 0 Å². The van der Waals surface area contributed by atoms with Gasteiger partial charge in [0.15, 0.2) is 9.84 Å². The first-order chi connectivity index (χ1) is 4.41. The van der Waals surface area contributed by atoms with Gasteiger partial charge in [-0.25, -0.2) is 8.42 Å². The fourth-order valence-corrected chi connectivity index (χ4v) is 2.46. The average Bonchev–Trinajstić information content (AvgIpc) is 1.86. The van der Waals surface area contributed by atoms with Crippen molar-refractivity contribution in [2.45, 2.75) is 23.2 Å². The molecule has 0 aliphatic heterocycles. The number of hydrogen-bond acceptors (Lipinski definition) is 3. The van der Waals surface area contributed by atoms with Gasteiger partial charge in [0, 0.05) is 5.75 Å². The third-order valence-corrected chi connectivity index (χ3v) is 6.37. The highest BCUT2D eigenvalue weighted by atomic mass is 127. The van der Waals surface area contributed by atoms with Gasteiger partial charge in [0.2, 0.25) is 0 Å². The first-order valence-electron chi connectivity index (χ1n) is 2.95. The number of alkyl halides is 1. The Labute approximate surface area is 74.9 Å². The summed E-state index contributed by atoms with van der Waals surface area (Å²) in [6.07, 6.45) is -0.787. The monoisotopic (exact) mass is 278 g/mol. The Morgan fingerprint density at radius 1 is 1.60 bits per heavy atom. The van der Waals surface area contributed by atoms with Crippen molar-refractivity contribution in [2.75, 3.05) is 5.75 Å². The molecule has 0 aromatic carbocycles. The number of aliphatic hydroxyl groups excluding tert-OH is 1. The Bertz CT molecular complexity index is 185. The quantitative estimate of drug-likeness (QED) is 0.606. The summed E-state index contributed by atoms with van der Waals surface area (Å²) < 4.78 is 21.3. The second-order valence-corrected chi connectivity index (χ2v) is 6.64. The molecule has 0 saturated heterocycles. The SMILES string of the molecule is CCS(=O)(=O)[C@H](I)[C@H](C)O. The first-order valence-corrected chi connectivity index (χ1v) is 5.91. The standard InChI is InChI=1S/C5H11IO3S/c1-3-10(8,9)5(6)4(2)7/h4-5,7H,3H2,1-2H3/t4-,5-/m0/s1. The zero-order valence-corrected chi connectivity index (χ0v) is 8.89. The molecule has 0 heterocycles. The molecule has 0 unspecified atom stereocenters. The van der Waals surface area contributed by atoms with Crippen molar-refractivity contribution in [1.29, 1.82) is 0 Å². The number of sulfone groups is 1. The predicted octanol–water partition coefficient (Wildman–Crippen LogP) is 0.563. The summed E-state index contributed by atoms with van der Waals surface area (Å²) in [6, 6.07) is 0. The van der Waals surface area contributed by atoms with Gasteiger partial charge in [-0.3, -0.25) is 0 Å². The highest BCUT2D eigenvalue weighted by Gasteiger charge is 2.24. The van der Waals surface area contributed by atoms with Crippen molar-refractivity contribution >= 4 is 32.4 Å². The van der Waals surface area contributed by atoms with Crippen molar-refractivity contribution in [3.63, 3.8) is 0 Å². The van der Waals surface area contributed by atoms with E-state index in [1.165, 1.54) is 6.92 Å². The molecular formula is C5H11IO3S. The van der Waals surface area contributed by atoms with E-state index >= 15 is 0 Å². The zero-order valence-electron chi connectivity index (χ0n) is 5.91. The van der Waals surface area contributed by atoms with Crippen LogP contribution in [0.4, 0.5) is 0 Å². The van der Waals surface area contributed by atoms with E-state index in [-0.39, 0.29) is 5.75 Å². The molecule has 0 bridgehead atoms.